The van der Waals surface area contributed by atoms with Gasteiger partial charge in [-0.2, -0.15) is 0 Å². The highest BCUT2D eigenvalue weighted by molar-refractivity contribution is 5.87. The first kappa shape index (κ1) is 35.9. The minimum Gasteiger partial charge on any atom is -0.481 e. The molecule has 0 aliphatic rings. The molecule has 0 spiro atoms. The summed E-state index contributed by atoms with van der Waals surface area (Å²) in [4.78, 5) is 81.5. The Kier molecular flexibility index (Phi) is 14.2. The smallest absolute Gasteiger partial charge is 0.333 e. The van der Waals surface area contributed by atoms with Gasteiger partial charge >= 0.3 is 35.8 Å². The maximum atomic E-state index is 12.8. The maximum Gasteiger partial charge on any atom is 0.333 e. The fourth-order valence-corrected chi connectivity index (χ4v) is 3.49. The molecule has 1 aromatic carbocycles. The van der Waals surface area contributed by atoms with Gasteiger partial charge in [0, 0.05) is 35.6 Å². The number of aliphatic carboxylic acids is 2. The van der Waals surface area contributed by atoms with Gasteiger partial charge in [-0.1, -0.05) is 19.2 Å². The Morgan fingerprint density at radius 1 is 0.814 bits per heavy atom. The number of rotatable bonds is 19. The van der Waals surface area contributed by atoms with E-state index in [4.69, 9.17) is 29.2 Å². The molecule has 0 atom stereocenters. The standard InChI is InChI=1S/C28H33NO14/c1-17(2)26(36)40-13-11-28(12-14-41-27(37)18(3)4,43-25(35)10-8-23(32)33)20-6-5-19(21(15-20)29(38)39)16-42-24(34)9-7-22(30)31/h5-6,15H,1,3,7-14,16H2,2,4H3,(H,30,31)(H,32,33). The summed E-state index contributed by atoms with van der Waals surface area (Å²) in [6, 6.07) is 3.57. The minimum absolute atomic E-state index is 0.00146. The summed E-state index contributed by atoms with van der Waals surface area (Å²) in [5.74, 6) is -5.97. The fourth-order valence-electron chi connectivity index (χ4n) is 3.49. The number of carbonyl (C=O) groups excluding carboxylic acids is 4. The first-order chi connectivity index (χ1) is 20.1. The summed E-state index contributed by atoms with van der Waals surface area (Å²) in [6.07, 6.45) is -2.70. The van der Waals surface area contributed by atoms with E-state index >= 15 is 0 Å². The molecule has 0 aliphatic heterocycles. The molecule has 0 saturated heterocycles. The van der Waals surface area contributed by atoms with Gasteiger partial charge < -0.3 is 29.2 Å². The SMILES string of the molecule is C=C(C)C(=O)OCCC(CCOC(=O)C(=C)C)(OC(=O)CCC(=O)O)c1ccc(COC(=O)CCC(=O)O)c([N+](=O)[O-])c1. The van der Waals surface area contributed by atoms with E-state index in [0.29, 0.717) is 0 Å². The van der Waals surface area contributed by atoms with Crippen LogP contribution >= 0.6 is 0 Å². The van der Waals surface area contributed by atoms with Gasteiger partial charge in [-0.3, -0.25) is 29.3 Å². The highest BCUT2D eigenvalue weighted by atomic mass is 16.6. The number of nitro groups is 1. The van der Waals surface area contributed by atoms with Gasteiger partial charge in [0.2, 0.25) is 0 Å². The molecule has 0 fully saturated rings. The van der Waals surface area contributed by atoms with Crippen molar-refractivity contribution in [2.24, 2.45) is 0 Å². The molecular formula is C28H33NO14. The molecule has 0 bridgehead atoms. The normalized spacial score (nSPS) is 10.7. The van der Waals surface area contributed by atoms with E-state index in [9.17, 15) is 38.9 Å². The molecular weight excluding hydrogens is 574 g/mol. The van der Waals surface area contributed by atoms with E-state index in [1.165, 1.54) is 26.0 Å². The van der Waals surface area contributed by atoms with Crippen LogP contribution < -0.4 is 0 Å². The van der Waals surface area contributed by atoms with Crippen LogP contribution in [0.4, 0.5) is 5.69 Å². The second-order valence-corrected chi connectivity index (χ2v) is 9.35. The Bertz CT molecular complexity index is 1250. The molecule has 43 heavy (non-hydrogen) atoms. The molecule has 1 aromatic rings. The van der Waals surface area contributed by atoms with Crippen molar-refractivity contribution in [2.45, 2.75) is 64.6 Å². The molecule has 0 aromatic heterocycles. The topological polar surface area (TPSA) is 223 Å². The molecule has 2 N–H and O–H groups in total. The number of carboxylic acids is 2. The van der Waals surface area contributed by atoms with E-state index in [0.717, 1.165) is 6.07 Å². The number of ether oxygens (including phenoxy) is 4. The van der Waals surface area contributed by atoms with Gasteiger partial charge in [0.15, 0.2) is 0 Å². The summed E-state index contributed by atoms with van der Waals surface area (Å²) < 4.78 is 21.0. The van der Waals surface area contributed by atoms with Crippen molar-refractivity contribution < 1.29 is 62.9 Å². The van der Waals surface area contributed by atoms with Crippen LogP contribution in [0.15, 0.2) is 42.5 Å². The molecule has 0 heterocycles. The van der Waals surface area contributed by atoms with Crippen molar-refractivity contribution >= 4 is 41.5 Å². The quantitative estimate of drug-likeness (QED) is 0.0758. The van der Waals surface area contributed by atoms with E-state index in [1.54, 1.807) is 0 Å². The summed E-state index contributed by atoms with van der Waals surface area (Å²) in [6.45, 7) is 8.39. The first-order valence-electron chi connectivity index (χ1n) is 12.8. The van der Waals surface area contributed by atoms with Crippen molar-refractivity contribution in [3.05, 3.63) is 63.7 Å². The maximum absolute atomic E-state index is 12.8. The predicted octanol–water partition coefficient (Wildman–Crippen LogP) is 3.12. The summed E-state index contributed by atoms with van der Waals surface area (Å²) in [5, 5.41) is 29.7. The third-order valence-electron chi connectivity index (χ3n) is 5.77. The van der Waals surface area contributed by atoms with E-state index in [1.807, 2.05) is 0 Å². The highest BCUT2D eigenvalue weighted by Gasteiger charge is 2.39. The van der Waals surface area contributed by atoms with Crippen molar-refractivity contribution in [2.75, 3.05) is 13.2 Å². The number of hydrogen-bond donors (Lipinski definition) is 2. The highest BCUT2D eigenvalue weighted by Crippen LogP contribution is 2.37. The third-order valence-corrected chi connectivity index (χ3v) is 5.77. The molecule has 0 saturated carbocycles. The van der Waals surface area contributed by atoms with E-state index in [2.05, 4.69) is 13.2 Å². The van der Waals surface area contributed by atoms with Gasteiger partial charge in [0.25, 0.3) is 5.69 Å². The Hall–Kier alpha value is -5.08. The average molecular weight is 608 g/mol. The van der Waals surface area contributed by atoms with Crippen LogP contribution in [-0.2, 0) is 59.9 Å². The van der Waals surface area contributed by atoms with Crippen LogP contribution in [0.3, 0.4) is 0 Å². The van der Waals surface area contributed by atoms with Gasteiger partial charge in [-0.15, -0.1) is 0 Å². The lowest BCUT2D eigenvalue weighted by molar-refractivity contribution is -0.386. The molecule has 0 aliphatic carbocycles. The first-order valence-corrected chi connectivity index (χ1v) is 12.8. The third kappa shape index (κ3) is 12.5. The van der Waals surface area contributed by atoms with Crippen molar-refractivity contribution in [1.82, 2.24) is 0 Å². The second-order valence-electron chi connectivity index (χ2n) is 9.35. The second kappa shape index (κ2) is 17.0. The number of benzene rings is 1. The number of nitro benzene ring substituents is 1. The summed E-state index contributed by atoms with van der Waals surface area (Å²) >= 11 is 0. The fraction of sp³-hybridized carbons (Fsp3) is 0.429. The van der Waals surface area contributed by atoms with Gasteiger partial charge in [-0.25, -0.2) is 9.59 Å². The lowest BCUT2D eigenvalue weighted by atomic mass is 9.86. The van der Waals surface area contributed by atoms with Crippen LogP contribution in [-0.4, -0.2) is 64.2 Å². The summed E-state index contributed by atoms with van der Waals surface area (Å²) in [5.41, 5.74) is -2.34. The predicted molar refractivity (Wildman–Crippen MR) is 145 cm³/mol. The number of carboxylic acid groups (broad SMARTS) is 2. The van der Waals surface area contributed by atoms with Crippen LogP contribution in [0, 0.1) is 10.1 Å². The van der Waals surface area contributed by atoms with Crippen LogP contribution in [0.25, 0.3) is 0 Å². The summed E-state index contributed by atoms with van der Waals surface area (Å²) in [7, 11) is 0. The van der Waals surface area contributed by atoms with Gasteiger partial charge in [-0.05, 0) is 19.9 Å². The van der Waals surface area contributed by atoms with E-state index in [-0.39, 0.29) is 48.3 Å². The van der Waals surface area contributed by atoms with Crippen molar-refractivity contribution in [1.29, 1.82) is 0 Å². The van der Waals surface area contributed by atoms with E-state index < -0.39 is 84.3 Å². The van der Waals surface area contributed by atoms with Crippen molar-refractivity contribution in [3.8, 4) is 0 Å². The lowest BCUT2D eigenvalue weighted by Crippen LogP contribution is -2.36. The number of nitrogens with zero attached hydrogens (tertiary/aromatic N) is 1. The Labute approximate surface area is 246 Å². The zero-order chi connectivity index (χ0) is 32.7. The number of esters is 4. The molecule has 15 nitrogen and oxygen atoms in total. The zero-order valence-electron chi connectivity index (χ0n) is 23.8. The van der Waals surface area contributed by atoms with Crippen LogP contribution in [0.5, 0.6) is 0 Å². The van der Waals surface area contributed by atoms with Gasteiger partial charge in [0.05, 0.1) is 49.4 Å². The Balaban J connectivity index is 3.54. The number of carbonyl (C=O) groups is 6. The monoisotopic (exact) mass is 607 g/mol. The van der Waals surface area contributed by atoms with Crippen LogP contribution in [0.2, 0.25) is 0 Å². The largest absolute Gasteiger partial charge is 0.481 e. The van der Waals surface area contributed by atoms with Crippen molar-refractivity contribution in [3.63, 3.8) is 0 Å². The minimum atomic E-state index is -1.83. The van der Waals surface area contributed by atoms with Gasteiger partial charge in [0.1, 0.15) is 12.2 Å². The lowest BCUT2D eigenvalue weighted by Gasteiger charge is -2.34. The molecule has 1 rings (SSSR count). The molecule has 0 unspecified atom stereocenters. The molecule has 0 radical (unpaired) electrons. The van der Waals surface area contributed by atoms with Crippen LogP contribution in [0.1, 0.15) is 63.5 Å². The molecule has 15 heteroatoms. The molecule has 234 valence electrons. The molecule has 0 amide bonds. The Morgan fingerprint density at radius 3 is 1.74 bits per heavy atom. The zero-order valence-corrected chi connectivity index (χ0v) is 23.8. The Morgan fingerprint density at radius 2 is 1.30 bits per heavy atom. The average Bonchev–Trinajstić information content (AvgIpc) is 2.93. The number of hydrogen-bond acceptors (Lipinski definition) is 12.